The van der Waals surface area contributed by atoms with E-state index < -0.39 is 0 Å². The number of aryl methyl sites for hydroxylation is 2. The quantitative estimate of drug-likeness (QED) is 0.764. The fourth-order valence-electron chi connectivity index (χ4n) is 2.38. The van der Waals surface area contributed by atoms with Gasteiger partial charge in [-0.2, -0.15) is 5.10 Å². The zero-order valence-electron chi connectivity index (χ0n) is 12.7. The van der Waals surface area contributed by atoms with Gasteiger partial charge in [0.1, 0.15) is 0 Å². The van der Waals surface area contributed by atoms with Gasteiger partial charge < -0.3 is 11.1 Å². The Morgan fingerprint density at radius 1 is 1.33 bits per heavy atom. The predicted molar refractivity (Wildman–Crippen MR) is 84.0 cm³/mol. The molecule has 0 spiro atoms. The maximum atomic E-state index is 11.9. The van der Waals surface area contributed by atoms with E-state index in [1.807, 2.05) is 20.0 Å². The van der Waals surface area contributed by atoms with Crippen molar-refractivity contribution in [1.29, 1.82) is 0 Å². The summed E-state index contributed by atoms with van der Waals surface area (Å²) in [6, 6.07) is 1.93. The molecule has 21 heavy (non-hydrogen) atoms. The smallest absolute Gasteiger partial charge is 0.224 e. The Morgan fingerprint density at radius 2 is 2.10 bits per heavy atom. The SMILES string of the molecule is Cc1nn(C)c2ncc(NC(=O)CCCCCCN)cc12. The summed E-state index contributed by atoms with van der Waals surface area (Å²) in [5.41, 5.74) is 7.91. The molecular weight excluding hydrogens is 266 g/mol. The van der Waals surface area contributed by atoms with Crippen LogP contribution in [0.1, 0.15) is 37.8 Å². The number of amides is 1. The average Bonchev–Trinajstić information content (AvgIpc) is 2.73. The molecule has 0 aliphatic rings. The van der Waals surface area contributed by atoms with Crippen LogP contribution < -0.4 is 11.1 Å². The van der Waals surface area contributed by atoms with Gasteiger partial charge in [0.2, 0.25) is 5.91 Å². The van der Waals surface area contributed by atoms with Crippen LogP contribution in [0.25, 0.3) is 11.0 Å². The van der Waals surface area contributed by atoms with Gasteiger partial charge in [0.15, 0.2) is 5.65 Å². The molecule has 0 saturated heterocycles. The second kappa shape index (κ2) is 7.17. The normalized spacial score (nSPS) is 11.0. The van der Waals surface area contributed by atoms with Crippen LogP contribution in [0.3, 0.4) is 0 Å². The van der Waals surface area contributed by atoms with Gasteiger partial charge in [0.25, 0.3) is 0 Å². The van der Waals surface area contributed by atoms with Crippen LogP contribution in [0.5, 0.6) is 0 Å². The number of aromatic nitrogens is 3. The first-order chi connectivity index (χ1) is 10.1. The zero-order chi connectivity index (χ0) is 15.2. The Kier molecular flexibility index (Phi) is 5.27. The van der Waals surface area contributed by atoms with Crippen molar-refractivity contribution in [3.63, 3.8) is 0 Å². The number of carbonyl (C=O) groups excluding carboxylic acids is 1. The maximum absolute atomic E-state index is 11.9. The number of fused-ring (bicyclic) bond motifs is 1. The molecule has 6 heteroatoms. The molecule has 6 nitrogen and oxygen atoms in total. The molecule has 0 atom stereocenters. The number of anilines is 1. The molecule has 0 unspecified atom stereocenters. The van der Waals surface area contributed by atoms with E-state index in [0.29, 0.717) is 6.42 Å². The Bertz CT molecular complexity index is 620. The number of nitrogens with one attached hydrogen (secondary N) is 1. The molecular formula is C15H23N5O. The van der Waals surface area contributed by atoms with E-state index in [1.165, 1.54) is 0 Å². The van der Waals surface area contributed by atoms with Crippen molar-refractivity contribution in [2.75, 3.05) is 11.9 Å². The van der Waals surface area contributed by atoms with E-state index in [9.17, 15) is 4.79 Å². The molecule has 3 N–H and O–H groups in total. The summed E-state index contributed by atoms with van der Waals surface area (Å²) in [5.74, 6) is 0.0328. The third kappa shape index (κ3) is 4.01. The van der Waals surface area contributed by atoms with Crippen molar-refractivity contribution < 1.29 is 4.79 Å². The minimum Gasteiger partial charge on any atom is -0.330 e. The second-order valence-electron chi connectivity index (χ2n) is 5.31. The summed E-state index contributed by atoms with van der Waals surface area (Å²) in [4.78, 5) is 16.2. The van der Waals surface area contributed by atoms with Gasteiger partial charge in [-0.25, -0.2) is 4.98 Å². The molecule has 114 valence electrons. The topological polar surface area (TPSA) is 85.8 Å². The van der Waals surface area contributed by atoms with Crippen molar-refractivity contribution in [3.05, 3.63) is 18.0 Å². The van der Waals surface area contributed by atoms with E-state index in [1.54, 1.807) is 10.9 Å². The standard InChI is InChI=1S/C15H23N5O/c1-11-13-9-12(10-17-15(13)20(2)19-11)18-14(21)7-5-3-4-6-8-16/h9-10H,3-8,16H2,1-2H3,(H,18,21). The zero-order valence-corrected chi connectivity index (χ0v) is 12.7. The Hall–Kier alpha value is -1.95. The van der Waals surface area contributed by atoms with Gasteiger partial charge in [0, 0.05) is 18.9 Å². The van der Waals surface area contributed by atoms with Gasteiger partial charge in [-0.1, -0.05) is 12.8 Å². The molecule has 0 saturated carbocycles. The van der Waals surface area contributed by atoms with Crippen LogP contribution in [0, 0.1) is 6.92 Å². The van der Waals surface area contributed by atoms with Gasteiger partial charge in [-0.3, -0.25) is 9.48 Å². The number of nitrogens with two attached hydrogens (primary N) is 1. The molecule has 0 aliphatic carbocycles. The highest BCUT2D eigenvalue weighted by Crippen LogP contribution is 2.19. The van der Waals surface area contributed by atoms with Crippen LogP contribution in [-0.2, 0) is 11.8 Å². The lowest BCUT2D eigenvalue weighted by atomic mass is 10.1. The molecule has 0 fully saturated rings. The van der Waals surface area contributed by atoms with Crippen molar-refractivity contribution in [3.8, 4) is 0 Å². The van der Waals surface area contributed by atoms with Crippen molar-refractivity contribution in [2.45, 2.75) is 39.0 Å². The summed E-state index contributed by atoms with van der Waals surface area (Å²) in [5, 5.41) is 8.19. The highest BCUT2D eigenvalue weighted by atomic mass is 16.1. The summed E-state index contributed by atoms with van der Waals surface area (Å²) in [7, 11) is 1.86. The van der Waals surface area contributed by atoms with E-state index >= 15 is 0 Å². The van der Waals surface area contributed by atoms with Crippen LogP contribution in [0.15, 0.2) is 12.3 Å². The van der Waals surface area contributed by atoms with Gasteiger partial charge in [0.05, 0.1) is 17.6 Å². The fraction of sp³-hybridized carbons (Fsp3) is 0.533. The molecule has 2 aromatic rings. The summed E-state index contributed by atoms with van der Waals surface area (Å²) in [6.07, 6.45) is 6.27. The molecule has 0 radical (unpaired) electrons. The lowest BCUT2D eigenvalue weighted by molar-refractivity contribution is -0.116. The van der Waals surface area contributed by atoms with Crippen molar-refractivity contribution >= 4 is 22.6 Å². The highest BCUT2D eigenvalue weighted by Gasteiger charge is 2.08. The third-order valence-corrected chi connectivity index (χ3v) is 3.50. The van der Waals surface area contributed by atoms with Crippen LogP contribution in [-0.4, -0.2) is 27.2 Å². The average molecular weight is 289 g/mol. The van der Waals surface area contributed by atoms with Gasteiger partial charge in [-0.05, 0) is 32.4 Å². The number of nitrogens with zero attached hydrogens (tertiary/aromatic N) is 3. The van der Waals surface area contributed by atoms with Crippen molar-refractivity contribution in [2.24, 2.45) is 12.8 Å². The predicted octanol–water partition coefficient (Wildman–Crippen LogP) is 2.12. The fourth-order valence-corrected chi connectivity index (χ4v) is 2.38. The first-order valence-electron chi connectivity index (χ1n) is 7.41. The third-order valence-electron chi connectivity index (χ3n) is 3.50. The van der Waals surface area contributed by atoms with Gasteiger partial charge in [-0.15, -0.1) is 0 Å². The molecule has 2 aromatic heterocycles. The lowest BCUT2D eigenvalue weighted by Gasteiger charge is -2.05. The van der Waals surface area contributed by atoms with Crippen LogP contribution in [0.4, 0.5) is 5.69 Å². The molecule has 0 aromatic carbocycles. The summed E-state index contributed by atoms with van der Waals surface area (Å²) in [6.45, 7) is 2.66. The first kappa shape index (κ1) is 15.4. The molecule has 2 heterocycles. The van der Waals surface area contributed by atoms with E-state index in [0.717, 1.165) is 54.6 Å². The lowest BCUT2D eigenvalue weighted by Crippen LogP contribution is -2.11. The monoisotopic (exact) mass is 289 g/mol. The number of rotatable bonds is 7. The maximum Gasteiger partial charge on any atom is 0.224 e. The van der Waals surface area contributed by atoms with E-state index in [-0.39, 0.29) is 5.91 Å². The number of hydrogen-bond acceptors (Lipinski definition) is 4. The van der Waals surface area contributed by atoms with Crippen LogP contribution in [0.2, 0.25) is 0 Å². The Morgan fingerprint density at radius 3 is 2.86 bits per heavy atom. The number of carbonyl (C=O) groups is 1. The van der Waals surface area contributed by atoms with E-state index in [2.05, 4.69) is 15.4 Å². The second-order valence-corrected chi connectivity index (χ2v) is 5.31. The number of unbranched alkanes of at least 4 members (excludes halogenated alkanes) is 3. The molecule has 1 amide bonds. The number of hydrogen-bond donors (Lipinski definition) is 2. The molecule has 0 aliphatic heterocycles. The number of pyridine rings is 1. The summed E-state index contributed by atoms with van der Waals surface area (Å²) < 4.78 is 1.74. The Labute approximate surface area is 124 Å². The molecule has 0 bridgehead atoms. The largest absolute Gasteiger partial charge is 0.330 e. The Balaban J connectivity index is 1.90. The van der Waals surface area contributed by atoms with Crippen LogP contribution >= 0.6 is 0 Å². The van der Waals surface area contributed by atoms with E-state index in [4.69, 9.17) is 5.73 Å². The first-order valence-corrected chi connectivity index (χ1v) is 7.41. The minimum atomic E-state index is 0.0328. The molecule has 2 rings (SSSR count). The summed E-state index contributed by atoms with van der Waals surface area (Å²) >= 11 is 0. The highest BCUT2D eigenvalue weighted by molar-refractivity contribution is 5.93. The van der Waals surface area contributed by atoms with Crippen molar-refractivity contribution in [1.82, 2.24) is 14.8 Å². The van der Waals surface area contributed by atoms with Gasteiger partial charge >= 0.3 is 0 Å². The minimum absolute atomic E-state index is 0.0328.